The third kappa shape index (κ3) is 5.35. The van der Waals surface area contributed by atoms with Crippen molar-refractivity contribution in [2.75, 3.05) is 32.6 Å². The zero-order valence-electron chi connectivity index (χ0n) is 18.5. The molecule has 1 saturated heterocycles. The minimum atomic E-state index is -4.00. The van der Waals surface area contributed by atoms with Crippen LogP contribution >= 0.6 is 0 Å². The zero-order valence-corrected chi connectivity index (χ0v) is 20.1. The Bertz CT molecular complexity index is 1260. The van der Waals surface area contributed by atoms with Crippen molar-refractivity contribution in [2.45, 2.75) is 29.6 Å². The monoisotopic (exact) mass is 499 g/mol. The average Bonchev–Trinajstić information content (AvgIpc) is 2.80. The van der Waals surface area contributed by atoms with Gasteiger partial charge in [0.05, 0.1) is 12.0 Å². The van der Waals surface area contributed by atoms with E-state index in [4.69, 9.17) is 4.74 Å². The molecule has 1 heterocycles. The first-order chi connectivity index (χ1) is 15.5. The van der Waals surface area contributed by atoms with Gasteiger partial charge in [-0.1, -0.05) is 6.07 Å². The Kier molecular flexibility index (Phi) is 7.42. The Morgan fingerprint density at radius 3 is 2.36 bits per heavy atom. The molecule has 0 unspecified atom stereocenters. The van der Waals surface area contributed by atoms with E-state index in [1.807, 2.05) is 0 Å². The summed E-state index contributed by atoms with van der Waals surface area (Å²) >= 11 is 0. The first-order valence-electron chi connectivity index (χ1n) is 10.2. The molecule has 0 bridgehead atoms. The number of rotatable bonds is 7. The number of ether oxygens (including phenoxy) is 1. The van der Waals surface area contributed by atoms with E-state index in [0.29, 0.717) is 11.3 Å². The molecule has 2 aromatic carbocycles. The lowest BCUT2D eigenvalue weighted by Gasteiger charge is -2.31. The van der Waals surface area contributed by atoms with Gasteiger partial charge < -0.3 is 10.1 Å². The van der Waals surface area contributed by atoms with E-state index in [1.165, 1.54) is 36.7 Å². The number of hydrogen-bond acceptors (Lipinski definition) is 6. The van der Waals surface area contributed by atoms with Crippen molar-refractivity contribution < 1.29 is 30.8 Å². The Labute approximate surface area is 193 Å². The number of methoxy groups -OCH3 is 1. The lowest BCUT2D eigenvalue weighted by molar-refractivity contribution is -0.120. The fourth-order valence-corrected chi connectivity index (χ4v) is 6.00. The number of benzene rings is 2. The van der Waals surface area contributed by atoms with E-state index in [0.717, 1.165) is 12.1 Å². The predicted octanol–water partition coefficient (Wildman–Crippen LogP) is 2.09. The third-order valence-electron chi connectivity index (χ3n) is 5.61. The van der Waals surface area contributed by atoms with Crippen molar-refractivity contribution in [3.8, 4) is 5.75 Å². The molecule has 1 aliphatic rings. The molecule has 1 aliphatic heterocycles. The van der Waals surface area contributed by atoms with Gasteiger partial charge in [0.25, 0.3) is 0 Å². The Morgan fingerprint density at radius 1 is 1.09 bits per heavy atom. The lowest BCUT2D eigenvalue weighted by Crippen LogP contribution is -2.41. The summed E-state index contributed by atoms with van der Waals surface area (Å²) < 4.78 is 72.3. The molecule has 2 N–H and O–H groups in total. The number of piperidine rings is 1. The van der Waals surface area contributed by atoms with Gasteiger partial charge in [-0.2, -0.15) is 4.31 Å². The number of carbonyl (C=O) groups excluding carboxylic acids is 1. The van der Waals surface area contributed by atoms with Gasteiger partial charge in [-0.25, -0.2) is 25.9 Å². The molecule has 0 radical (unpaired) electrons. The molecule has 9 nitrogen and oxygen atoms in total. The third-order valence-corrected chi connectivity index (χ3v) is 8.95. The van der Waals surface area contributed by atoms with Crippen LogP contribution in [0.15, 0.2) is 46.2 Å². The molecular weight excluding hydrogens is 473 g/mol. The van der Waals surface area contributed by atoms with Gasteiger partial charge in [0, 0.05) is 24.7 Å². The fourth-order valence-electron chi connectivity index (χ4n) is 3.61. The van der Waals surface area contributed by atoms with Gasteiger partial charge >= 0.3 is 0 Å². The summed E-state index contributed by atoms with van der Waals surface area (Å²) in [6.45, 7) is 1.90. The molecular formula is C21H26FN3O6S2. The van der Waals surface area contributed by atoms with E-state index in [-0.39, 0.29) is 47.4 Å². The summed E-state index contributed by atoms with van der Waals surface area (Å²) in [6.07, 6.45) is 0.520. The molecule has 0 aliphatic carbocycles. The maximum Gasteiger partial charge on any atom is 0.246 e. The van der Waals surface area contributed by atoms with Gasteiger partial charge in [0.1, 0.15) is 16.5 Å². The number of sulfonamides is 2. The highest BCUT2D eigenvalue weighted by Gasteiger charge is 2.34. The number of anilines is 1. The number of halogens is 1. The molecule has 12 heteroatoms. The first-order valence-corrected chi connectivity index (χ1v) is 13.1. The van der Waals surface area contributed by atoms with Gasteiger partial charge in [0.15, 0.2) is 0 Å². The summed E-state index contributed by atoms with van der Waals surface area (Å²) in [7, 11) is -5.07. The van der Waals surface area contributed by atoms with E-state index < -0.39 is 31.8 Å². The van der Waals surface area contributed by atoms with Crippen LogP contribution in [0.25, 0.3) is 0 Å². The second kappa shape index (κ2) is 9.75. The lowest BCUT2D eigenvalue weighted by atomic mass is 9.97. The van der Waals surface area contributed by atoms with Crippen LogP contribution in [0.4, 0.5) is 10.1 Å². The van der Waals surface area contributed by atoms with Crippen LogP contribution in [-0.4, -0.2) is 54.3 Å². The number of carbonyl (C=O) groups is 1. The highest BCUT2D eigenvalue weighted by Crippen LogP contribution is 2.31. The van der Waals surface area contributed by atoms with E-state index in [2.05, 4.69) is 10.0 Å². The summed E-state index contributed by atoms with van der Waals surface area (Å²) in [6, 6.07) is 7.72. The molecule has 2 aromatic rings. The van der Waals surface area contributed by atoms with Gasteiger partial charge in [-0.15, -0.1) is 0 Å². The molecule has 33 heavy (non-hydrogen) atoms. The van der Waals surface area contributed by atoms with Crippen LogP contribution in [0.5, 0.6) is 5.75 Å². The van der Waals surface area contributed by atoms with Crippen molar-refractivity contribution in [3.63, 3.8) is 0 Å². The quantitative estimate of drug-likeness (QED) is 0.602. The van der Waals surface area contributed by atoms with Crippen LogP contribution in [-0.2, 0) is 24.8 Å². The minimum absolute atomic E-state index is 0.0239. The fraction of sp³-hybridized carbons (Fsp3) is 0.381. The smallest absolute Gasteiger partial charge is 0.246 e. The van der Waals surface area contributed by atoms with Crippen LogP contribution in [0.1, 0.15) is 18.4 Å². The first kappa shape index (κ1) is 25.1. The number of hydrogen-bond donors (Lipinski definition) is 2. The van der Waals surface area contributed by atoms with Gasteiger partial charge in [-0.3, -0.25) is 4.79 Å². The van der Waals surface area contributed by atoms with Crippen LogP contribution in [0, 0.1) is 18.7 Å². The predicted molar refractivity (Wildman–Crippen MR) is 120 cm³/mol. The van der Waals surface area contributed by atoms with Crippen molar-refractivity contribution in [2.24, 2.45) is 5.92 Å². The summed E-state index contributed by atoms with van der Waals surface area (Å²) in [4.78, 5) is 12.6. The highest BCUT2D eigenvalue weighted by atomic mass is 32.2. The van der Waals surface area contributed by atoms with E-state index in [9.17, 15) is 26.0 Å². The molecule has 0 saturated carbocycles. The van der Waals surface area contributed by atoms with E-state index >= 15 is 0 Å². The SMILES string of the molecule is CNS(=O)(=O)c1ccc(C)c(NC(=O)C2CCN(S(=O)(=O)c3cc(F)ccc3OC)CC2)c1. The molecule has 0 aromatic heterocycles. The maximum atomic E-state index is 13.7. The topological polar surface area (TPSA) is 122 Å². The standard InChI is InChI=1S/C21H26FN3O6S2/c1-14-4-6-17(32(27,28)23-2)13-18(14)24-21(26)15-8-10-25(11-9-15)33(29,30)20-12-16(22)5-7-19(20)31-3/h4-7,12-13,15,23H,8-11H2,1-3H3,(H,24,26). The summed E-state index contributed by atoms with van der Waals surface area (Å²) in [5, 5.41) is 2.76. The minimum Gasteiger partial charge on any atom is -0.495 e. The second-order valence-corrected chi connectivity index (χ2v) is 11.4. The Morgan fingerprint density at radius 2 is 1.76 bits per heavy atom. The van der Waals surface area contributed by atoms with Gasteiger partial charge in [0.2, 0.25) is 26.0 Å². The second-order valence-electron chi connectivity index (χ2n) is 7.65. The summed E-state index contributed by atoms with van der Waals surface area (Å²) in [5.41, 5.74) is 1.06. The Hall–Kier alpha value is -2.54. The van der Waals surface area contributed by atoms with Crippen molar-refractivity contribution in [1.29, 1.82) is 0 Å². The molecule has 180 valence electrons. The van der Waals surface area contributed by atoms with Crippen molar-refractivity contribution >= 4 is 31.6 Å². The highest BCUT2D eigenvalue weighted by molar-refractivity contribution is 7.89. The molecule has 1 amide bonds. The number of amides is 1. The molecule has 0 spiro atoms. The molecule has 1 fully saturated rings. The van der Waals surface area contributed by atoms with Gasteiger partial charge in [-0.05, 0) is 62.7 Å². The average molecular weight is 500 g/mol. The molecule has 0 atom stereocenters. The normalized spacial score (nSPS) is 15.9. The van der Waals surface area contributed by atoms with Crippen molar-refractivity contribution in [3.05, 3.63) is 47.8 Å². The number of aryl methyl sites for hydroxylation is 1. The zero-order chi connectivity index (χ0) is 24.4. The van der Waals surface area contributed by atoms with Crippen LogP contribution in [0.2, 0.25) is 0 Å². The van der Waals surface area contributed by atoms with Crippen LogP contribution < -0.4 is 14.8 Å². The number of nitrogens with zero attached hydrogens (tertiary/aromatic N) is 1. The van der Waals surface area contributed by atoms with Crippen LogP contribution in [0.3, 0.4) is 0 Å². The number of nitrogens with one attached hydrogen (secondary N) is 2. The van der Waals surface area contributed by atoms with E-state index in [1.54, 1.807) is 13.0 Å². The maximum absolute atomic E-state index is 13.7. The Balaban J connectivity index is 1.71. The summed E-state index contributed by atoms with van der Waals surface area (Å²) in [5.74, 6) is -1.43. The largest absolute Gasteiger partial charge is 0.495 e. The molecule has 3 rings (SSSR count). The van der Waals surface area contributed by atoms with Crippen molar-refractivity contribution in [1.82, 2.24) is 9.03 Å².